The van der Waals surface area contributed by atoms with E-state index in [-0.39, 0.29) is 12.5 Å². The van der Waals surface area contributed by atoms with Gasteiger partial charge in [-0.1, -0.05) is 18.2 Å². The fourth-order valence-electron chi connectivity index (χ4n) is 3.27. The predicted molar refractivity (Wildman–Crippen MR) is 102 cm³/mol. The summed E-state index contributed by atoms with van der Waals surface area (Å²) in [5.41, 5.74) is 1.54. The smallest absolute Gasteiger partial charge is 0.337 e. The molecule has 1 atom stereocenters. The number of urea groups is 1. The number of carbonyl (C=O) groups is 3. The number of rotatable bonds is 5. The molecule has 1 fully saturated rings. The third kappa shape index (κ3) is 3.31. The lowest BCUT2D eigenvalue weighted by atomic mass is 9.90. The zero-order valence-corrected chi connectivity index (χ0v) is 16.2. The molecule has 1 heterocycles. The molecule has 1 N–H and O–H groups in total. The van der Waals surface area contributed by atoms with Gasteiger partial charge in [0.25, 0.3) is 5.91 Å². The van der Waals surface area contributed by atoms with Gasteiger partial charge in [0, 0.05) is 0 Å². The van der Waals surface area contributed by atoms with Crippen molar-refractivity contribution in [2.24, 2.45) is 0 Å². The molecule has 2 aromatic carbocycles. The van der Waals surface area contributed by atoms with Crippen LogP contribution >= 0.6 is 0 Å². The van der Waals surface area contributed by atoms with E-state index in [9.17, 15) is 14.4 Å². The van der Waals surface area contributed by atoms with E-state index in [0.29, 0.717) is 16.9 Å². The van der Waals surface area contributed by atoms with Gasteiger partial charge in [-0.05, 0) is 54.8 Å². The van der Waals surface area contributed by atoms with Crippen LogP contribution in [0, 0.1) is 6.92 Å². The van der Waals surface area contributed by atoms with Crippen molar-refractivity contribution in [1.29, 1.82) is 0 Å². The molecule has 0 aromatic heterocycles. The average molecular weight is 382 g/mol. The molecule has 7 heteroatoms. The number of hydrogen-bond donors (Lipinski definition) is 1. The molecule has 3 rings (SSSR count). The largest absolute Gasteiger partial charge is 0.496 e. The van der Waals surface area contributed by atoms with Crippen LogP contribution in [0.5, 0.6) is 5.75 Å². The van der Waals surface area contributed by atoms with Gasteiger partial charge in [0.15, 0.2) is 0 Å². The van der Waals surface area contributed by atoms with Crippen molar-refractivity contribution in [3.05, 3.63) is 64.7 Å². The van der Waals surface area contributed by atoms with Crippen LogP contribution in [0.2, 0.25) is 0 Å². The van der Waals surface area contributed by atoms with E-state index in [1.165, 1.54) is 12.0 Å². The van der Waals surface area contributed by atoms with Gasteiger partial charge in [0.05, 0.1) is 26.3 Å². The second kappa shape index (κ2) is 7.34. The SMILES string of the molecule is COC(=O)c1ccc(CN2C(=O)NC(C)(c3ccc(OC)c(C)c3)C2=O)cc1. The fourth-order valence-corrected chi connectivity index (χ4v) is 3.27. The van der Waals surface area contributed by atoms with Gasteiger partial charge in [-0.15, -0.1) is 0 Å². The van der Waals surface area contributed by atoms with Crippen molar-refractivity contribution in [2.75, 3.05) is 14.2 Å². The average Bonchev–Trinajstić information content (AvgIpc) is 2.92. The lowest BCUT2D eigenvalue weighted by Gasteiger charge is -2.23. The molecule has 0 saturated carbocycles. The Balaban J connectivity index is 1.83. The summed E-state index contributed by atoms with van der Waals surface area (Å²) in [4.78, 5) is 38.3. The van der Waals surface area contributed by atoms with Crippen molar-refractivity contribution in [1.82, 2.24) is 10.2 Å². The molecule has 1 unspecified atom stereocenters. The Morgan fingerprint density at radius 2 is 1.79 bits per heavy atom. The Morgan fingerprint density at radius 3 is 2.36 bits per heavy atom. The Bertz CT molecular complexity index is 938. The van der Waals surface area contributed by atoms with Gasteiger partial charge in [0.2, 0.25) is 0 Å². The second-order valence-electron chi connectivity index (χ2n) is 6.82. The summed E-state index contributed by atoms with van der Waals surface area (Å²) in [6, 6.07) is 11.5. The van der Waals surface area contributed by atoms with Gasteiger partial charge in [0.1, 0.15) is 11.3 Å². The minimum atomic E-state index is -1.15. The third-order valence-corrected chi connectivity index (χ3v) is 4.96. The second-order valence-corrected chi connectivity index (χ2v) is 6.82. The summed E-state index contributed by atoms with van der Waals surface area (Å²) < 4.78 is 9.93. The van der Waals surface area contributed by atoms with E-state index in [4.69, 9.17) is 4.74 Å². The molecule has 0 aliphatic carbocycles. The first-order valence-electron chi connectivity index (χ1n) is 8.76. The number of amides is 3. The first-order valence-corrected chi connectivity index (χ1v) is 8.76. The number of aryl methyl sites for hydroxylation is 1. The number of methoxy groups -OCH3 is 2. The molecular formula is C21H22N2O5. The minimum Gasteiger partial charge on any atom is -0.496 e. The molecule has 7 nitrogen and oxygen atoms in total. The minimum absolute atomic E-state index is 0.108. The van der Waals surface area contributed by atoms with Crippen LogP contribution in [0.3, 0.4) is 0 Å². The van der Waals surface area contributed by atoms with Crippen LogP contribution in [-0.4, -0.2) is 37.0 Å². The summed E-state index contributed by atoms with van der Waals surface area (Å²) in [6.45, 7) is 3.68. The molecule has 1 aliphatic heterocycles. The van der Waals surface area contributed by atoms with Crippen molar-refractivity contribution < 1.29 is 23.9 Å². The summed E-state index contributed by atoms with van der Waals surface area (Å²) >= 11 is 0. The zero-order valence-electron chi connectivity index (χ0n) is 16.2. The normalized spacial score (nSPS) is 18.8. The number of hydrogen-bond acceptors (Lipinski definition) is 5. The van der Waals surface area contributed by atoms with Crippen molar-refractivity contribution in [2.45, 2.75) is 25.9 Å². The molecular weight excluding hydrogens is 360 g/mol. The lowest BCUT2D eigenvalue weighted by Crippen LogP contribution is -2.40. The maximum atomic E-state index is 13.1. The quantitative estimate of drug-likeness (QED) is 0.635. The van der Waals surface area contributed by atoms with Crippen LogP contribution in [0.15, 0.2) is 42.5 Å². The number of ether oxygens (including phenoxy) is 2. The maximum absolute atomic E-state index is 13.1. The number of nitrogens with one attached hydrogen (secondary N) is 1. The van der Waals surface area contributed by atoms with E-state index in [1.54, 1.807) is 50.4 Å². The molecule has 0 radical (unpaired) electrons. The molecule has 0 bridgehead atoms. The van der Waals surface area contributed by atoms with E-state index >= 15 is 0 Å². The highest BCUT2D eigenvalue weighted by molar-refractivity contribution is 6.07. The van der Waals surface area contributed by atoms with Gasteiger partial charge in [-0.3, -0.25) is 9.69 Å². The molecule has 28 heavy (non-hydrogen) atoms. The van der Waals surface area contributed by atoms with Gasteiger partial charge >= 0.3 is 12.0 Å². The Labute approximate surface area is 163 Å². The van der Waals surface area contributed by atoms with Gasteiger partial charge in [-0.25, -0.2) is 9.59 Å². The maximum Gasteiger partial charge on any atom is 0.337 e. The Hall–Kier alpha value is -3.35. The Morgan fingerprint density at radius 1 is 1.11 bits per heavy atom. The standard InChI is InChI=1S/C21H22N2O5/c1-13-11-16(9-10-17(13)27-3)21(2)19(25)23(20(26)22-21)12-14-5-7-15(8-6-14)18(24)28-4/h5-11H,12H2,1-4H3,(H,22,26). The molecule has 1 saturated heterocycles. The fraction of sp³-hybridized carbons (Fsp3) is 0.286. The molecule has 1 aliphatic rings. The summed E-state index contributed by atoms with van der Waals surface area (Å²) in [7, 11) is 2.89. The molecule has 0 spiro atoms. The van der Waals surface area contributed by atoms with E-state index < -0.39 is 17.5 Å². The van der Waals surface area contributed by atoms with Crippen molar-refractivity contribution in [3.8, 4) is 5.75 Å². The number of imide groups is 1. The summed E-state index contributed by atoms with van der Waals surface area (Å²) in [5, 5.41) is 2.79. The Kier molecular flexibility index (Phi) is 5.09. The van der Waals surface area contributed by atoms with E-state index in [1.807, 2.05) is 13.0 Å². The topological polar surface area (TPSA) is 84.9 Å². The first kappa shape index (κ1) is 19.4. The highest BCUT2D eigenvalue weighted by Gasteiger charge is 2.49. The zero-order chi connectivity index (χ0) is 20.5. The number of esters is 1. The molecule has 2 aromatic rings. The van der Waals surface area contributed by atoms with Crippen molar-refractivity contribution >= 4 is 17.9 Å². The van der Waals surface area contributed by atoms with Crippen LogP contribution in [0.25, 0.3) is 0 Å². The predicted octanol–water partition coefficient (Wildman–Crippen LogP) is 2.76. The highest BCUT2D eigenvalue weighted by atomic mass is 16.5. The van der Waals surface area contributed by atoms with Crippen molar-refractivity contribution in [3.63, 3.8) is 0 Å². The van der Waals surface area contributed by atoms with Gasteiger partial charge < -0.3 is 14.8 Å². The first-order chi connectivity index (χ1) is 13.3. The van der Waals surface area contributed by atoms with Crippen LogP contribution in [-0.2, 0) is 21.6 Å². The molecule has 3 amide bonds. The summed E-state index contributed by atoms with van der Waals surface area (Å²) in [6.07, 6.45) is 0. The van der Waals surface area contributed by atoms with E-state index in [0.717, 1.165) is 11.1 Å². The molecule has 146 valence electrons. The van der Waals surface area contributed by atoms with Crippen LogP contribution < -0.4 is 10.1 Å². The summed E-state index contributed by atoms with van der Waals surface area (Å²) in [5.74, 6) is -0.0604. The van der Waals surface area contributed by atoms with Crippen LogP contribution in [0.1, 0.15) is 34.0 Å². The number of carbonyl (C=O) groups excluding carboxylic acids is 3. The van der Waals surface area contributed by atoms with Gasteiger partial charge in [-0.2, -0.15) is 0 Å². The monoisotopic (exact) mass is 382 g/mol. The highest BCUT2D eigenvalue weighted by Crippen LogP contribution is 2.32. The van der Waals surface area contributed by atoms with E-state index in [2.05, 4.69) is 10.1 Å². The number of benzene rings is 2. The number of nitrogens with zero attached hydrogens (tertiary/aromatic N) is 1. The lowest BCUT2D eigenvalue weighted by molar-refractivity contribution is -0.131. The third-order valence-electron chi connectivity index (χ3n) is 4.96. The van der Waals surface area contributed by atoms with Crippen LogP contribution in [0.4, 0.5) is 4.79 Å².